The second-order valence-electron chi connectivity index (χ2n) is 6.90. The van der Waals surface area contributed by atoms with Crippen LogP contribution in [0.25, 0.3) is 0 Å². The molecule has 1 aliphatic rings. The highest BCUT2D eigenvalue weighted by atomic mass is 16.4. The zero-order chi connectivity index (χ0) is 17.3. The number of amides is 1. The Labute approximate surface area is 140 Å². The second kappa shape index (κ2) is 6.15. The molecule has 0 spiro atoms. The molecule has 1 aromatic heterocycles. The molecule has 1 aromatic carbocycles. The average molecular weight is 327 g/mol. The Morgan fingerprint density at radius 3 is 2.46 bits per heavy atom. The number of rotatable bonds is 5. The van der Waals surface area contributed by atoms with Crippen molar-refractivity contribution in [2.75, 3.05) is 6.54 Å². The fourth-order valence-electron chi connectivity index (χ4n) is 3.46. The number of nitrogens with one attached hydrogen (secondary N) is 1. The molecule has 0 saturated carbocycles. The van der Waals surface area contributed by atoms with Gasteiger partial charge in [0.2, 0.25) is 0 Å². The molecule has 5 nitrogen and oxygen atoms in total. The van der Waals surface area contributed by atoms with Gasteiger partial charge in [-0.3, -0.25) is 9.59 Å². The van der Waals surface area contributed by atoms with Crippen LogP contribution in [0.5, 0.6) is 0 Å². The lowest BCUT2D eigenvalue weighted by atomic mass is 9.87. The van der Waals surface area contributed by atoms with Gasteiger partial charge in [-0.1, -0.05) is 31.2 Å². The quantitative estimate of drug-likeness (QED) is 0.885. The van der Waals surface area contributed by atoms with Crippen molar-refractivity contribution in [2.24, 2.45) is 5.41 Å². The first-order valence-electron chi connectivity index (χ1n) is 8.02. The first kappa shape index (κ1) is 16.3. The SMILES string of the molecule is Cc1coc(CC(=O)O)c1C(=O)NCC1(C)Cc2ccccc2C1. The summed E-state index contributed by atoms with van der Waals surface area (Å²) in [7, 11) is 0. The third-order valence-electron chi connectivity index (χ3n) is 4.62. The predicted octanol–water partition coefficient (Wildman–Crippen LogP) is 2.75. The Balaban J connectivity index is 1.69. The molecule has 24 heavy (non-hydrogen) atoms. The lowest BCUT2D eigenvalue weighted by Gasteiger charge is -2.24. The van der Waals surface area contributed by atoms with Crippen molar-refractivity contribution in [3.05, 3.63) is 58.5 Å². The summed E-state index contributed by atoms with van der Waals surface area (Å²) in [5.74, 6) is -1.08. The van der Waals surface area contributed by atoms with E-state index in [0.29, 0.717) is 17.7 Å². The van der Waals surface area contributed by atoms with Gasteiger partial charge in [-0.15, -0.1) is 0 Å². The van der Waals surface area contributed by atoms with Gasteiger partial charge in [0.05, 0.1) is 11.8 Å². The monoisotopic (exact) mass is 327 g/mol. The van der Waals surface area contributed by atoms with E-state index >= 15 is 0 Å². The van der Waals surface area contributed by atoms with Crippen LogP contribution in [0.4, 0.5) is 0 Å². The van der Waals surface area contributed by atoms with Gasteiger partial charge in [0.1, 0.15) is 12.2 Å². The van der Waals surface area contributed by atoms with E-state index in [1.165, 1.54) is 17.4 Å². The summed E-state index contributed by atoms with van der Waals surface area (Å²) in [5, 5.41) is 11.9. The minimum atomic E-state index is -1.02. The highest BCUT2D eigenvalue weighted by Crippen LogP contribution is 2.36. The lowest BCUT2D eigenvalue weighted by Crippen LogP contribution is -2.36. The van der Waals surface area contributed by atoms with Crippen LogP contribution in [0, 0.1) is 12.3 Å². The number of fused-ring (bicyclic) bond motifs is 1. The van der Waals surface area contributed by atoms with Crippen molar-refractivity contribution in [1.29, 1.82) is 0 Å². The normalized spacial score (nSPS) is 15.1. The topological polar surface area (TPSA) is 79.5 Å². The summed E-state index contributed by atoms with van der Waals surface area (Å²) in [6, 6.07) is 8.34. The third-order valence-corrected chi connectivity index (χ3v) is 4.62. The van der Waals surface area contributed by atoms with Crippen molar-refractivity contribution < 1.29 is 19.1 Å². The molecule has 0 saturated heterocycles. The first-order valence-corrected chi connectivity index (χ1v) is 8.02. The second-order valence-corrected chi connectivity index (χ2v) is 6.90. The van der Waals surface area contributed by atoms with E-state index < -0.39 is 5.97 Å². The number of hydrogen-bond acceptors (Lipinski definition) is 3. The highest BCUT2D eigenvalue weighted by Gasteiger charge is 2.33. The smallest absolute Gasteiger partial charge is 0.311 e. The van der Waals surface area contributed by atoms with Crippen molar-refractivity contribution >= 4 is 11.9 Å². The van der Waals surface area contributed by atoms with Crippen LogP contribution in [0.3, 0.4) is 0 Å². The van der Waals surface area contributed by atoms with E-state index in [9.17, 15) is 9.59 Å². The molecule has 3 rings (SSSR count). The van der Waals surface area contributed by atoms with Crippen molar-refractivity contribution in [2.45, 2.75) is 33.1 Å². The van der Waals surface area contributed by atoms with E-state index in [1.54, 1.807) is 6.92 Å². The zero-order valence-corrected chi connectivity index (χ0v) is 13.9. The molecule has 1 heterocycles. The number of hydrogen-bond donors (Lipinski definition) is 2. The molecule has 1 aliphatic carbocycles. The zero-order valence-electron chi connectivity index (χ0n) is 13.9. The largest absolute Gasteiger partial charge is 0.481 e. The lowest BCUT2D eigenvalue weighted by molar-refractivity contribution is -0.136. The molecule has 2 aromatic rings. The molecular weight excluding hydrogens is 306 g/mol. The van der Waals surface area contributed by atoms with Gasteiger partial charge in [0.15, 0.2) is 0 Å². The summed E-state index contributed by atoms with van der Waals surface area (Å²) in [6.45, 7) is 4.45. The number of carbonyl (C=O) groups excluding carboxylic acids is 1. The van der Waals surface area contributed by atoms with Gasteiger partial charge in [0, 0.05) is 12.1 Å². The van der Waals surface area contributed by atoms with Crippen molar-refractivity contribution in [3.8, 4) is 0 Å². The van der Waals surface area contributed by atoms with Crippen LogP contribution in [-0.2, 0) is 24.1 Å². The summed E-state index contributed by atoms with van der Waals surface area (Å²) in [4.78, 5) is 23.4. The molecule has 0 bridgehead atoms. The van der Waals surface area contributed by atoms with Gasteiger partial charge < -0.3 is 14.8 Å². The molecule has 2 N–H and O–H groups in total. The van der Waals surface area contributed by atoms with E-state index in [2.05, 4.69) is 24.4 Å². The Kier molecular flexibility index (Phi) is 4.18. The summed E-state index contributed by atoms with van der Waals surface area (Å²) in [6.07, 6.45) is 2.99. The van der Waals surface area contributed by atoms with Crippen LogP contribution in [-0.4, -0.2) is 23.5 Å². The minimum absolute atomic E-state index is 0.0239. The van der Waals surface area contributed by atoms with Gasteiger partial charge in [-0.2, -0.15) is 0 Å². The Bertz CT molecular complexity index is 765. The van der Waals surface area contributed by atoms with Crippen molar-refractivity contribution in [3.63, 3.8) is 0 Å². The van der Waals surface area contributed by atoms with Crippen LogP contribution < -0.4 is 5.32 Å². The van der Waals surface area contributed by atoms with Gasteiger partial charge in [-0.25, -0.2) is 0 Å². The summed E-state index contributed by atoms with van der Waals surface area (Å²) >= 11 is 0. The van der Waals surface area contributed by atoms with Crippen LogP contribution in [0.1, 0.15) is 39.7 Å². The van der Waals surface area contributed by atoms with Crippen LogP contribution in [0.2, 0.25) is 0 Å². The molecule has 0 radical (unpaired) electrons. The van der Waals surface area contributed by atoms with Crippen LogP contribution >= 0.6 is 0 Å². The summed E-state index contributed by atoms with van der Waals surface area (Å²) in [5.41, 5.74) is 3.64. The molecule has 5 heteroatoms. The van der Waals surface area contributed by atoms with E-state index in [-0.39, 0.29) is 23.5 Å². The highest BCUT2D eigenvalue weighted by molar-refractivity contribution is 5.97. The van der Waals surface area contributed by atoms with Crippen LogP contribution in [0.15, 0.2) is 34.9 Å². The molecule has 0 aliphatic heterocycles. The van der Waals surface area contributed by atoms with E-state index in [1.807, 2.05) is 12.1 Å². The van der Waals surface area contributed by atoms with Crippen molar-refractivity contribution in [1.82, 2.24) is 5.32 Å². The Hall–Kier alpha value is -2.56. The third kappa shape index (κ3) is 3.20. The maximum absolute atomic E-state index is 12.5. The Morgan fingerprint density at radius 2 is 1.88 bits per heavy atom. The fraction of sp³-hybridized carbons (Fsp3) is 0.368. The van der Waals surface area contributed by atoms with Gasteiger partial charge in [-0.05, 0) is 36.3 Å². The Morgan fingerprint density at radius 1 is 1.25 bits per heavy atom. The first-order chi connectivity index (χ1) is 11.4. The fourth-order valence-corrected chi connectivity index (χ4v) is 3.46. The van der Waals surface area contributed by atoms with E-state index in [0.717, 1.165) is 12.8 Å². The average Bonchev–Trinajstić information content (AvgIpc) is 3.04. The number of carboxylic acid groups (broad SMARTS) is 1. The number of aliphatic carboxylic acids is 1. The number of furan rings is 1. The molecule has 1 amide bonds. The molecular formula is C19H21NO4. The van der Waals surface area contributed by atoms with Gasteiger partial charge >= 0.3 is 5.97 Å². The predicted molar refractivity (Wildman–Crippen MR) is 89.1 cm³/mol. The molecule has 0 unspecified atom stereocenters. The minimum Gasteiger partial charge on any atom is -0.481 e. The number of aryl methyl sites for hydroxylation is 1. The molecule has 0 atom stereocenters. The maximum atomic E-state index is 12.5. The van der Waals surface area contributed by atoms with E-state index in [4.69, 9.17) is 9.52 Å². The summed E-state index contributed by atoms with van der Waals surface area (Å²) < 4.78 is 5.23. The number of carboxylic acids is 1. The van der Waals surface area contributed by atoms with Gasteiger partial charge in [0.25, 0.3) is 5.91 Å². The standard InChI is InChI=1S/C19H21NO4/c1-12-10-24-15(7-16(21)22)17(12)18(23)20-11-19(2)8-13-5-3-4-6-14(13)9-19/h3-6,10H,7-9,11H2,1-2H3,(H,20,23)(H,21,22). The molecule has 126 valence electrons. The number of carbonyl (C=O) groups is 2. The maximum Gasteiger partial charge on any atom is 0.311 e. The molecule has 0 fully saturated rings. The number of benzene rings is 1.